The summed E-state index contributed by atoms with van der Waals surface area (Å²) in [7, 11) is 0. The number of aryl methyl sites for hydroxylation is 1. The Morgan fingerprint density at radius 2 is 1.77 bits per heavy atom. The van der Waals surface area contributed by atoms with Crippen molar-refractivity contribution in [3.05, 3.63) is 57.6 Å². The van der Waals surface area contributed by atoms with Crippen molar-refractivity contribution in [3.8, 4) is 0 Å². The van der Waals surface area contributed by atoms with E-state index < -0.39 is 0 Å². The van der Waals surface area contributed by atoms with E-state index in [1.165, 1.54) is 0 Å². The number of rotatable bonds is 5. The molecule has 160 valence electrons. The second-order valence-electron chi connectivity index (χ2n) is 8.19. The molecule has 1 heterocycles. The summed E-state index contributed by atoms with van der Waals surface area (Å²) in [5.41, 5.74) is 2.81. The molecule has 1 aliphatic heterocycles. The first-order chi connectivity index (χ1) is 14.2. The van der Waals surface area contributed by atoms with Gasteiger partial charge in [-0.25, -0.2) is 0 Å². The van der Waals surface area contributed by atoms with Gasteiger partial charge in [-0.3, -0.25) is 9.59 Å². The van der Waals surface area contributed by atoms with Crippen LogP contribution in [0.5, 0.6) is 0 Å². The SMILES string of the molecule is Cc1ccc(C(=O)N2C[C@@H](C)C[C@H](C)C2)cc1NCC(=O)Nc1cccc(Cl)c1Cl. The Morgan fingerprint density at radius 1 is 1.07 bits per heavy atom. The molecule has 0 aromatic heterocycles. The summed E-state index contributed by atoms with van der Waals surface area (Å²) < 4.78 is 0. The molecule has 3 rings (SSSR count). The van der Waals surface area contributed by atoms with Crippen molar-refractivity contribution in [2.45, 2.75) is 27.2 Å². The molecule has 5 nitrogen and oxygen atoms in total. The van der Waals surface area contributed by atoms with Crippen molar-refractivity contribution >= 4 is 46.4 Å². The van der Waals surface area contributed by atoms with Crippen LogP contribution in [0, 0.1) is 18.8 Å². The topological polar surface area (TPSA) is 61.4 Å². The zero-order valence-corrected chi connectivity index (χ0v) is 19.0. The van der Waals surface area contributed by atoms with Gasteiger partial charge in [-0.05, 0) is 55.0 Å². The number of hydrogen-bond donors (Lipinski definition) is 2. The molecule has 2 N–H and O–H groups in total. The maximum Gasteiger partial charge on any atom is 0.253 e. The summed E-state index contributed by atoms with van der Waals surface area (Å²) in [6.45, 7) is 7.91. The second-order valence-corrected chi connectivity index (χ2v) is 8.97. The van der Waals surface area contributed by atoms with Crippen LogP contribution in [0.4, 0.5) is 11.4 Å². The molecule has 2 atom stereocenters. The average Bonchev–Trinajstić information content (AvgIpc) is 2.69. The minimum Gasteiger partial charge on any atom is -0.376 e. The molecule has 0 bridgehead atoms. The Balaban J connectivity index is 1.66. The maximum atomic E-state index is 13.0. The van der Waals surface area contributed by atoms with Crippen molar-refractivity contribution < 1.29 is 9.59 Å². The van der Waals surface area contributed by atoms with Gasteiger partial charge in [-0.2, -0.15) is 0 Å². The van der Waals surface area contributed by atoms with Gasteiger partial charge in [0.1, 0.15) is 0 Å². The Labute approximate surface area is 187 Å². The molecule has 2 aromatic carbocycles. The normalized spacial score (nSPS) is 18.8. The van der Waals surface area contributed by atoms with Crippen LogP contribution >= 0.6 is 23.2 Å². The summed E-state index contributed by atoms with van der Waals surface area (Å²) in [5, 5.41) is 6.56. The summed E-state index contributed by atoms with van der Waals surface area (Å²) in [6, 6.07) is 10.6. The third kappa shape index (κ3) is 5.46. The zero-order chi connectivity index (χ0) is 21.8. The van der Waals surface area contributed by atoms with Crippen LogP contribution in [-0.2, 0) is 4.79 Å². The molecular weight excluding hydrogens is 421 g/mol. The minimum atomic E-state index is -0.256. The van der Waals surface area contributed by atoms with E-state index in [1.54, 1.807) is 18.2 Å². The Hall–Kier alpha value is -2.24. The summed E-state index contributed by atoms with van der Waals surface area (Å²) in [6.07, 6.45) is 1.15. The molecule has 1 fully saturated rings. The standard InChI is InChI=1S/C23H27Cl2N3O2/c1-14-9-15(2)13-28(12-14)23(30)17-8-7-16(3)20(10-17)26-11-21(29)27-19-6-4-5-18(24)22(19)25/h4-8,10,14-15,26H,9,11-13H2,1-3H3,(H,27,29)/t14-,15-/m0/s1. The van der Waals surface area contributed by atoms with E-state index in [0.29, 0.717) is 33.1 Å². The van der Waals surface area contributed by atoms with Crippen LogP contribution in [0.15, 0.2) is 36.4 Å². The van der Waals surface area contributed by atoms with Gasteiger partial charge >= 0.3 is 0 Å². The summed E-state index contributed by atoms with van der Waals surface area (Å²) >= 11 is 12.1. The molecule has 2 amide bonds. The highest BCUT2D eigenvalue weighted by Crippen LogP contribution is 2.29. The monoisotopic (exact) mass is 447 g/mol. The zero-order valence-electron chi connectivity index (χ0n) is 17.5. The largest absolute Gasteiger partial charge is 0.376 e. The fourth-order valence-electron chi connectivity index (χ4n) is 3.93. The summed E-state index contributed by atoms with van der Waals surface area (Å²) in [5.74, 6) is 0.783. The number of halogens is 2. The molecular formula is C23H27Cl2N3O2. The van der Waals surface area contributed by atoms with Crippen LogP contribution < -0.4 is 10.6 Å². The van der Waals surface area contributed by atoms with Crippen molar-refractivity contribution in [3.63, 3.8) is 0 Å². The highest BCUT2D eigenvalue weighted by molar-refractivity contribution is 6.44. The predicted octanol–water partition coefficient (Wildman–Crippen LogP) is 5.47. The third-order valence-electron chi connectivity index (χ3n) is 5.31. The first-order valence-corrected chi connectivity index (χ1v) is 10.9. The van der Waals surface area contributed by atoms with Crippen LogP contribution in [0.2, 0.25) is 10.0 Å². The highest BCUT2D eigenvalue weighted by atomic mass is 35.5. The maximum absolute atomic E-state index is 13.0. The molecule has 0 aliphatic carbocycles. The number of nitrogens with one attached hydrogen (secondary N) is 2. The van der Waals surface area contributed by atoms with E-state index >= 15 is 0 Å². The van der Waals surface area contributed by atoms with Crippen LogP contribution in [-0.4, -0.2) is 36.3 Å². The van der Waals surface area contributed by atoms with Crippen molar-refractivity contribution in [2.24, 2.45) is 11.8 Å². The van der Waals surface area contributed by atoms with Crippen LogP contribution in [0.3, 0.4) is 0 Å². The smallest absolute Gasteiger partial charge is 0.253 e. The number of carbonyl (C=O) groups is 2. The van der Waals surface area contributed by atoms with Gasteiger partial charge in [0, 0.05) is 24.3 Å². The fraction of sp³-hybridized carbons (Fsp3) is 0.391. The van der Waals surface area contributed by atoms with Crippen molar-refractivity contribution in [1.29, 1.82) is 0 Å². The van der Waals surface area contributed by atoms with Crippen molar-refractivity contribution in [1.82, 2.24) is 4.90 Å². The van der Waals surface area contributed by atoms with Crippen molar-refractivity contribution in [2.75, 3.05) is 30.3 Å². The molecule has 0 saturated carbocycles. The minimum absolute atomic E-state index is 0.0339. The molecule has 30 heavy (non-hydrogen) atoms. The van der Waals surface area contributed by atoms with Gasteiger partial charge in [-0.15, -0.1) is 0 Å². The Bertz CT molecular complexity index is 938. The van der Waals surface area contributed by atoms with E-state index in [1.807, 2.05) is 30.0 Å². The lowest BCUT2D eigenvalue weighted by Gasteiger charge is -2.35. The predicted molar refractivity (Wildman–Crippen MR) is 124 cm³/mol. The lowest BCUT2D eigenvalue weighted by atomic mass is 9.91. The number of hydrogen-bond acceptors (Lipinski definition) is 3. The number of likely N-dealkylation sites (tertiary alicyclic amines) is 1. The number of nitrogens with zero attached hydrogens (tertiary/aromatic N) is 1. The number of anilines is 2. The van der Waals surface area contributed by atoms with Gasteiger partial charge in [0.2, 0.25) is 5.91 Å². The van der Waals surface area contributed by atoms with Crippen LogP contribution in [0.1, 0.15) is 36.2 Å². The lowest BCUT2D eigenvalue weighted by molar-refractivity contribution is -0.114. The van der Waals surface area contributed by atoms with E-state index in [-0.39, 0.29) is 18.4 Å². The molecule has 2 aromatic rings. The number of piperidine rings is 1. The fourth-order valence-corrected chi connectivity index (χ4v) is 4.27. The number of carbonyl (C=O) groups excluding carboxylic acids is 2. The van der Waals surface area contributed by atoms with E-state index in [4.69, 9.17) is 23.2 Å². The number of benzene rings is 2. The highest BCUT2D eigenvalue weighted by Gasteiger charge is 2.26. The quantitative estimate of drug-likeness (QED) is 0.638. The third-order valence-corrected chi connectivity index (χ3v) is 6.12. The molecule has 1 aliphatic rings. The first-order valence-electron chi connectivity index (χ1n) is 10.1. The van der Waals surface area contributed by atoms with Crippen LogP contribution in [0.25, 0.3) is 0 Å². The van der Waals surface area contributed by atoms with Gasteiger partial charge < -0.3 is 15.5 Å². The molecule has 7 heteroatoms. The van der Waals surface area contributed by atoms with Gasteiger partial charge in [0.25, 0.3) is 5.91 Å². The van der Waals surface area contributed by atoms with Gasteiger partial charge in [0.05, 0.1) is 22.3 Å². The van der Waals surface area contributed by atoms with E-state index in [2.05, 4.69) is 24.5 Å². The van der Waals surface area contributed by atoms with E-state index in [0.717, 1.165) is 30.8 Å². The van der Waals surface area contributed by atoms with Gasteiger partial charge in [-0.1, -0.05) is 49.2 Å². The molecule has 0 spiro atoms. The Morgan fingerprint density at radius 3 is 2.47 bits per heavy atom. The molecule has 0 radical (unpaired) electrons. The molecule has 1 saturated heterocycles. The van der Waals surface area contributed by atoms with E-state index in [9.17, 15) is 9.59 Å². The Kier molecular flexibility index (Phi) is 7.27. The summed E-state index contributed by atoms with van der Waals surface area (Å²) in [4.78, 5) is 27.3. The number of amides is 2. The van der Waals surface area contributed by atoms with Gasteiger partial charge in [0.15, 0.2) is 0 Å². The first kappa shape index (κ1) is 22.4. The molecule has 0 unspecified atom stereocenters. The average molecular weight is 448 g/mol. The lowest BCUT2D eigenvalue weighted by Crippen LogP contribution is -2.42. The second kappa shape index (κ2) is 9.71.